The maximum atomic E-state index is 12.0. The minimum atomic E-state index is -0.383. The molecule has 82 valence electrons. The topological polar surface area (TPSA) is 71.5 Å². The Labute approximate surface area is 88.1 Å². The fraction of sp³-hybridized carbons (Fsp3) is 0.500. The molecular weight excluding hydrogens is 194 g/mol. The lowest BCUT2D eigenvalue weighted by Crippen LogP contribution is -2.30. The molecule has 5 heteroatoms. The second kappa shape index (κ2) is 3.58. The lowest BCUT2D eigenvalue weighted by Gasteiger charge is -2.15. The molecule has 1 atom stereocenters. The number of nitrogen functional groups attached to an aromatic ring is 1. The van der Waals surface area contributed by atoms with Gasteiger partial charge in [0.15, 0.2) is 0 Å². The third-order valence-electron chi connectivity index (χ3n) is 2.70. The molecule has 0 radical (unpaired) electrons. The first-order valence-electron chi connectivity index (χ1n) is 4.97. The number of rotatable bonds is 1. The van der Waals surface area contributed by atoms with Gasteiger partial charge in [-0.05, 0) is 12.5 Å². The zero-order valence-corrected chi connectivity index (χ0v) is 8.68. The first-order chi connectivity index (χ1) is 7.08. The summed E-state index contributed by atoms with van der Waals surface area (Å²) in [5.74, 6) is -0.0641. The summed E-state index contributed by atoms with van der Waals surface area (Å²) in [5.41, 5.74) is 6.76. The molecular formula is C10H15N3O2. The maximum Gasteiger partial charge on any atom is 0.270 e. The van der Waals surface area contributed by atoms with E-state index in [-0.39, 0.29) is 12.0 Å². The van der Waals surface area contributed by atoms with Gasteiger partial charge in [0.25, 0.3) is 5.91 Å². The molecule has 1 aromatic rings. The van der Waals surface area contributed by atoms with Crippen LogP contribution in [-0.4, -0.2) is 39.7 Å². The van der Waals surface area contributed by atoms with Gasteiger partial charge in [-0.2, -0.15) is 0 Å². The third kappa shape index (κ3) is 1.83. The number of aliphatic hydroxyl groups is 1. The molecule has 1 unspecified atom stereocenters. The number of carbonyl (C=O) groups excluding carboxylic acids is 1. The first kappa shape index (κ1) is 10.0. The Kier molecular flexibility index (Phi) is 2.40. The number of carbonyl (C=O) groups is 1. The number of nitrogens with zero attached hydrogens (tertiary/aromatic N) is 2. The number of anilines is 1. The number of aryl methyl sites for hydroxylation is 1. The van der Waals surface area contributed by atoms with E-state index in [0.29, 0.717) is 30.9 Å². The number of aromatic nitrogens is 1. The molecule has 3 N–H and O–H groups in total. The van der Waals surface area contributed by atoms with Crippen molar-refractivity contribution in [3.05, 3.63) is 18.0 Å². The Morgan fingerprint density at radius 2 is 2.40 bits per heavy atom. The van der Waals surface area contributed by atoms with Gasteiger partial charge in [0.2, 0.25) is 0 Å². The van der Waals surface area contributed by atoms with Crippen molar-refractivity contribution in [1.82, 2.24) is 9.47 Å². The van der Waals surface area contributed by atoms with E-state index in [4.69, 9.17) is 5.73 Å². The molecule has 2 heterocycles. The van der Waals surface area contributed by atoms with Crippen molar-refractivity contribution in [2.24, 2.45) is 7.05 Å². The van der Waals surface area contributed by atoms with Crippen LogP contribution >= 0.6 is 0 Å². The van der Waals surface area contributed by atoms with Crippen LogP contribution in [0.25, 0.3) is 0 Å². The highest BCUT2D eigenvalue weighted by Crippen LogP contribution is 2.16. The number of amides is 1. The van der Waals surface area contributed by atoms with Gasteiger partial charge >= 0.3 is 0 Å². The summed E-state index contributed by atoms with van der Waals surface area (Å²) >= 11 is 0. The quantitative estimate of drug-likeness (QED) is 0.673. The molecule has 1 amide bonds. The highest BCUT2D eigenvalue weighted by atomic mass is 16.3. The number of likely N-dealkylation sites (tertiary alicyclic amines) is 1. The minimum absolute atomic E-state index is 0.0641. The van der Waals surface area contributed by atoms with Crippen LogP contribution in [0, 0.1) is 0 Å². The standard InChI is InChI=1S/C10H15N3O2/c1-12-5-7(11)4-9(12)10(15)13-3-2-8(14)6-13/h4-5,8,14H,2-3,6,11H2,1H3. The zero-order valence-electron chi connectivity index (χ0n) is 8.68. The van der Waals surface area contributed by atoms with E-state index < -0.39 is 0 Å². The molecule has 0 aromatic carbocycles. The third-order valence-corrected chi connectivity index (χ3v) is 2.70. The largest absolute Gasteiger partial charge is 0.397 e. The lowest BCUT2D eigenvalue weighted by molar-refractivity contribution is 0.0755. The van der Waals surface area contributed by atoms with Crippen LogP contribution in [0.15, 0.2) is 12.3 Å². The smallest absolute Gasteiger partial charge is 0.270 e. The molecule has 1 aromatic heterocycles. The van der Waals surface area contributed by atoms with Crippen molar-refractivity contribution in [3.63, 3.8) is 0 Å². The molecule has 0 bridgehead atoms. The van der Waals surface area contributed by atoms with E-state index in [0.717, 1.165) is 0 Å². The Hall–Kier alpha value is -1.49. The van der Waals surface area contributed by atoms with Crippen LogP contribution in [0.2, 0.25) is 0 Å². The van der Waals surface area contributed by atoms with E-state index >= 15 is 0 Å². The van der Waals surface area contributed by atoms with E-state index in [1.807, 2.05) is 0 Å². The van der Waals surface area contributed by atoms with Gasteiger partial charge in [-0.15, -0.1) is 0 Å². The molecule has 0 spiro atoms. The fourth-order valence-electron chi connectivity index (χ4n) is 1.89. The van der Waals surface area contributed by atoms with Crippen molar-refractivity contribution in [2.75, 3.05) is 18.8 Å². The average molecular weight is 209 g/mol. The van der Waals surface area contributed by atoms with Crippen molar-refractivity contribution in [3.8, 4) is 0 Å². The van der Waals surface area contributed by atoms with Gasteiger partial charge in [-0.3, -0.25) is 4.79 Å². The highest BCUT2D eigenvalue weighted by molar-refractivity contribution is 5.94. The predicted molar refractivity (Wildman–Crippen MR) is 56.4 cm³/mol. The number of nitrogens with two attached hydrogens (primary N) is 1. The van der Waals surface area contributed by atoms with Crippen molar-refractivity contribution in [1.29, 1.82) is 0 Å². The van der Waals surface area contributed by atoms with E-state index in [2.05, 4.69) is 0 Å². The van der Waals surface area contributed by atoms with Crippen molar-refractivity contribution < 1.29 is 9.90 Å². The van der Waals surface area contributed by atoms with Crippen LogP contribution in [0.4, 0.5) is 5.69 Å². The van der Waals surface area contributed by atoms with E-state index in [1.165, 1.54) is 0 Å². The SMILES string of the molecule is Cn1cc(N)cc1C(=O)N1CCC(O)C1. The molecule has 0 aliphatic carbocycles. The van der Waals surface area contributed by atoms with Crippen LogP contribution in [0.1, 0.15) is 16.9 Å². The summed E-state index contributed by atoms with van der Waals surface area (Å²) in [6.45, 7) is 1.04. The normalized spacial score (nSPS) is 20.9. The summed E-state index contributed by atoms with van der Waals surface area (Å²) in [7, 11) is 1.79. The van der Waals surface area contributed by atoms with Gasteiger partial charge in [0, 0.05) is 26.3 Å². The van der Waals surface area contributed by atoms with Gasteiger partial charge in [0.05, 0.1) is 11.8 Å². The lowest BCUT2D eigenvalue weighted by atomic mass is 10.3. The molecule has 1 saturated heterocycles. The van der Waals surface area contributed by atoms with Crippen LogP contribution in [0.5, 0.6) is 0 Å². The molecule has 0 saturated carbocycles. The molecule has 15 heavy (non-hydrogen) atoms. The van der Waals surface area contributed by atoms with Gasteiger partial charge in [-0.25, -0.2) is 0 Å². The number of aliphatic hydroxyl groups excluding tert-OH is 1. The number of β-amino-alcohol motifs (C(OH)–C–C–N with tert-alkyl or cyclic N) is 1. The number of hydrogen-bond donors (Lipinski definition) is 2. The predicted octanol–water partition coefficient (Wildman–Crippen LogP) is -0.186. The van der Waals surface area contributed by atoms with Crippen LogP contribution < -0.4 is 5.73 Å². The molecule has 5 nitrogen and oxygen atoms in total. The van der Waals surface area contributed by atoms with Crippen molar-refractivity contribution >= 4 is 11.6 Å². The molecule has 1 aliphatic rings. The van der Waals surface area contributed by atoms with Gasteiger partial charge < -0.3 is 20.3 Å². The van der Waals surface area contributed by atoms with Crippen LogP contribution in [-0.2, 0) is 7.05 Å². The summed E-state index contributed by atoms with van der Waals surface area (Å²) < 4.78 is 1.71. The van der Waals surface area contributed by atoms with Crippen molar-refractivity contribution in [2.45, 2.75) is 12.5 Å². The molecule has 1 fully saturated rings. The first-order valence-corrected chi connectivity index (χ1v) is 4.97. The Morgan fingerprint density at radius 1 is 1.67 bits per heavy atom. The maximum absolute atomic E-state index is 12.0. The highest BCUT2D eigenvalue weighted by Gasteiger charge is 2.26. The summed E-state index contributed by atoms with van der Waals surface area (Å²) in [6, 6.07) is 1.66. The zero-order chi connectivity index (χ0) is 11.0. The Morgan fingerprint density at radius 3 is 2.87 bits per heavy atom. The second-order valence-corrected chi connectivity index (χ2v) is 3.96. The van der Waals surface area contributed by atoms with Gasteiger partial charge in [0.1, 0.15) is 5.69 Å². The Balaban J connectivity index is 2.17. The monoisotopic (exact) mass is 209 g/mol. The number of hydrogen-bond acceptors (Lipinski definition) is 3. The fourth-order valence-corrected chi connectivity index (χ4v) is 1.89. The summed E-state index contributed by atoms with van der Waals surface area (Å²) in [5, 5.41) is 9.34. The van der Waals surface area contributed by atoms with Gasteiger partial charge in [-0.1, -0.05) is 0 Å². The average Bonchev–Trinajstić information content (AvgIpc) is 2.71. The van der Waals surface area contributed by atoms with E-state index in [1.54, 1.807) is 28.8 Å². The second-order valence-electron chi connectivity index (χ2n) is 3.96. The summed E-state index contributed by atoms with van der Waals surface area (Å²) in [6.07, 6.45) is 1.98. The minimum Gasteiger partial charge on any atom is -0.397 e. The summed E-state index contributed by atoms with van der Waals surface area (Å²) in [4.78, 5) is 13.6. The van der Waals surface area contributed by atoms with E-state index in [9.17, 15) is 9.90 Å². The molecule has 2 rings (SSSR count). The molecule has 1 aliphatic heterocycles. The Bertz CT molecular complexity index is 386. The van der Waals surface area contributed by atoms with Crippen LogP contribution in [0.3, 0.4) is 0 Å².